The van der Waals surface area contributed by atoms with Gasteiger partial charge in [-0.2, -0.15) is 0 Å². The number of hydrogen-bond acceptors (Lipinski definition) is 3. The van der Waals surface area contributed by atoms with Crippen LogP contribution >= 0.6 is 0 Å². The molecule has 2 atom stereocenters. The van der Waals surface area contributed by atoms with Crippen LogP contribution in [-0.2, 0) is 27.8 Å². The molecule has 0 saturated carbocycles. The summed E-state index contributed by atoms with van der Waals surface area (Å²) in [5.74, 6) is -0.218. The van der Waals surface area contributed by atoms with Gasteiger partial charge in [-0.15, -0.1) is 0 Å². The van der Waals surface area contributed by atoms with Crippen LogP contribution < -0.4 is 10.2 Å². The van der Waals surface area contributed by atoms with Crippen molar-refractivity contribution in [1.82, 2.24) is 9.62 Å². The molecule has 0 spiro atoms. The molecule has 1 aromatic rings. The van der Waals surface area contributed by atoms with Crippen molar-refractivity contribution in [2.24, 2.45) is 5.92 Å². The highest BCUT2D eigenvalue weighted by Crippen LogP contribution is 2.18. The zero-order valence-electron chi connectivity index (χ0n) is 15.5. The highest BCUT2D eigenvalue weighted by molar-refractivity contribution is 7.88. The highest BCUT2D eigenvalue weighted by Gasteiger charge is 2.30. The number of quaternary nitrogens is 1. The fourth-order valence-electron chi connectivity index (χ4n) is 4.01. The van der Waals surface area contributed by atoms with Crippen molar-refractivity contribution in [1.29, 1.82) is 0 Å². The number of fused-ring (bicyclic) bond motifs is 1. The average Bonchev–Trinajstić information content (AvgIpc) is 2.64. The van der Waals surface area contributed by atoms with Crippen LogP contribution in [0.1, 0.15) is 30.4 Å². The molecular weight excluding hydrogens is 350 g/mol. The maximum absolute atomic E-state index is 12.3. The van der Waals surface area contributed by atoms with E-state index in [4.69, 9.17) is 0 Å². The summed E-state index contributed by atoms with van der Waals surface area (Å²) >= 11 is 0. The molecule has 0 bridgehead atoms. The van der Waals surface area contributed by atoms with Gasteiger partial charge in [-0.3, -0.25) is 4.79 Å². The van der Waals surface area contributed by atoms with Crippen LogP contribution in [0, 0.1) is 5.92 Å². The molecule has 1 saturated heterocycles. The van der Waals surface area contributed by atoms with Crippen LogP contribution in [0.5, 0.6) is 0 Å². The summed E-state index contributed by atoms with van der Waals surface area (Å²) in [7, 11) is -3.21. The number of amides is 1. The fourth-order valence-corrected chi connectivity index (χ4v) is 4.92. The summed E-state index contributed by atoms with van der Waals surface area (Å²) in [6.45, 7) is 4.78. The number of carbonyl (C=O) groups is 1. The van der Waals surface area contributed by atoms with Gasteiger partial charge in [0, 0.05) is 38.0 Å². The van der Waals surface area contributed by atoms with Gasteiger partial charge in [0.15, 0.2) is 0 Å². The minimum atomic E-state index is -3.21. The van der Waals surface area contributed by atoms with Crippen molar-refractivity contribution < 1.29 is 18.1 Å². The molecule has 2 N–H and O–H groups in total. The lowest BCUT2D eigenvalue weighted by molar-refractivity contribution is -0.916. The first-order valence-electron chi connectivity index (χ1n) is 9.56. The van der Waals surface area contributed by atoms with Gasteiger partial charge in [0.05, 0.1) is 25.3 Å². The van der Waals surface area contributed by atoms with Crippen molar-refractivity contribution in [3.63, 3.8) is 0 Å². The van der Waals surface area contributed by atoms with Crippen molar-refractivity contribution in [2.45, 2.75) is 32.2 Å². The Morgan fingerprint density at radius 2 is 2.08 bits per heavy atom. The largest absolute Gasteiger partial charge is 0.356 e. The Balaban J connectivity index is 1.38. The quantitative estimate of drug-likeness (QED) is 0.672. The lowest BCUT2D eigenvalue weighted by Gasteiger charge is -2.30. The zero-order valence-corrected chi connectivity index (χ0v) is 16.4. The Bertz CT molecular complexity index is 735. The molecule has 144 valence electrons. The van der Waals surface area contributed by atoms with Crippen molar-refractivity contribution in [2.75, 3.05) is 39.0 Å². The third-order valence-corrected chi connectivity index (χ3v) is 6.81. The molecule has 1 fully saturated rings. The Morgan fingerprint density at radius 3 is 2.85 bits per heavy atom. The lowest BCUT2D eigenvalue weighted by Crippen LogP contribution is -3.11. The van der Waals surface area contributed by atoms with E-state index in [0.717, 1.165) is 45.3 Å². The zero-order chi connectivity index (χ0) is 18.6. The third kappa shape index (κ3) is 5.05. The Labute approximate surface area is 156 Å². The molecule has 0 radical (unpaired) electrons. The van der Waals surface area contributed by atoms with Crippen LogP contribution in [-0.4, -0.2) is 57.6 Å². The molecule has 0 aromatic heterocycles. The molecule has 2 aliphatic rings. The predicted molar refractivity (Wildman–Crippen MR) is 101 cm³/mol. The molecule has 6 nitrogen and oxygen atoms in total. The SMILES string of the molecule is CS(=O)(=O)N1CCCC(C(=O)NCCC[NH+]2CCc3ccccc3C2)C1. The topological polar surface area (TPSA) is 70.9 Å². The first-order valence-corrected chi connectivity index (χ1v) is 11.4. The summed E-state index contributed by atoms with van der Waals surface area (Å²) in [6, 6.07) is 8.64. The molecule has 1 aromatic carbocycles. The van der Waals surface area contributed by atoms with Crippen LogP contribution in [0.2, 0.25) is 0 Å². The maximum Gasteiger partial charge on any atom is 0.224 e. The number of sulfonamides is 1. The number of rotatable bonds is 6. The number of benzene rings is 1. The third-order valence-electron chi connectivity index (χ3n) is 5.54. The van der Waals surface area contributed by atoms with Crippen LogP contribution in [0.4, 0.5) is 0 Å². The molecule has 3 rings (SSSR count). The minimum absolute atomic E-state index is 0.00246. The summed E-state index contributed by atoms with van der Waals surface area (Å²) in [5.41, 5.74) is 2.91. The van der Waals surface area contributed by atoms with Gasteiger partial charge in [0.1, 0.15) is 6.54 Å². The molecule has 7 heteroatoms. The van der Waals surface area contributed by atoms with E-state index in [1.165, 1.54) is 21.7 Å². The van der Waals surface area contributed by atoms with Crippen LogP contribution in [0.15, 0.2) is 24.3 Å². The van der Waals surface area contributed by atoms with Gasteiger partial charge in [0.2, 0.25) is 15.9 Å². The monoisotopic (exact) mass is 380 g/mol. The summed E-state index contributed by atoms with van der Waals surface area (Å²) in [4.78, 5) is 13.9. The van der Waals surface area contributed by atoms with Crippen LogP contribution in [0.3, 0.4) is 0 Å². The number of nitrogens with one attached hydrogen (secondary N) is 2. The molecule has 26 heavy (non-hydrogen) atoms. The summed E-state index contributed by atoms with van der Waals surface area (Å²) < 4.78 is 24.8. The van der Waals surface area contributed by atoms with E-state index in [2.05, 4.69) is 29.6 Å². The second-order valence-electron chi connectivity index (χ2n) is 7.55. The average molecular weight is 381 g/mol. The van der Waals surface area contributed by atoms with Crippen molar-refractivity contribution >= 4 is 15.9 Å². The smallest absolute Gasteiger partial charge is 0.224 e. The van der Waals surface area contributed by atoms with E-state index in [0.29, 0.717) is 19.6 Å². The van der Waals surface area contributed by atoms with E-state index in [1.54, 1.807) is 4.90 Å². The first-order chi connectivity index (χ1) is 12.4. The number of hydrogen-bond donors (Lipinski definition) is 2. The Morgan fingerprint density at radius 1 is 1.31 bits per heavy atom. The molecule has 2 heterocycles. The maximum atomic E-state index is 12.3. The Kier molecular flexibility index (Phi) is 6.32. The van der Waals surface area contributed by atoms with Gasteiger partial charge in [-0.25, -0.2) is 12.7 Å². The van der Waals surface area contributed by atoms with Gasteiger partial charge in [0.25, 0.3) is 0 Å². The highest BCUT2D eigenvalue weighted by atomic mass is 32.2. The van der Waals surface area contributed by atoms with E-state index < -0.39 is 10.0 Å². The van der Waals surface area contributed by atoms with E-state index in [1.807, 2.05) is 0 Å². The minimum Gasteiger partial charge on any atom is -0.356 e. The van der Waals surface area contributed by atoms with Crippen molar-refractivity contribution in [3.05, 3.63) is 35.4 Å². The first kappa shape index (κ1) is 19.3. The van der Waals surface area contributed by atoms with Gasteiger partial charge < -0.3 is 10.2 Å². The van der Waals surface area contributed by atoms with E-state index in [9.17, 15) is 13.2 Å². The van der Waals surface area contributed by atoms with E-state index >= 15 is 0 Å². The normalized spacial score (nSPS) is 24.0. The van der Waals surface area contributed by atoms with Gasteiger partial charge in [-0.05, 0) is 18.4 Å². The number of piperidine rings is 1. The molecule has 2 aliphatic heterocycles. The molecule has 1 amide bonds. The standard InChI is InChI=1S/C19H29N3O3S/c1-26(24,25)22-12-4-8-18(15-22)19(23)20-10-5-11-21-13-9-16-6-2-3-7-17(16)14-21/h2-3,6-7,18H,4-5,8-15H2,1H3,(H,20,23)/p+1. The van der Waals surface area contributed by atoms with Crippen LogP contribution in [0.25, 0.3) is 0 Å². The Hall–Kier alpha value is -1.44. The van der Waals surface area contributed by atoms with Gasteiger partial charge in [-0.1, -0.05) is 24.3 Å². The molecule has 0 aliphatic carbocycles. The summed E-state index contributed by atoms with van der Waals surface area (Å²) in [5, 5.41) is 3.01. The molecular formula is C19H30N3O3S+. The summed E-state index contributed by atoms with van der Waals surface area (Å²) in [6.07, 6.45) is 4.81. The van der Waals surface area contributed by atoms with E-state index in [-0.39, 0.29) is 11.8 Å². The predicted octanol–water partition coefficient (Wildman–Crippen LogP) is -0.194. The number of carbonyl (C=O) groups excluding carboxylic acids is 1. The lowest BCUT2D eigenvalue weighted by atomic mass is 9.99. The second-order valence-corrected chi connectivity index (χ2v) is 9.53. The second kappa shape index (κ2) is 8.50. The molecule has 2 unspecified atom stereocenters. The van der Waals surface area contributed by atoms with Crippen molar-refractivity contribution in [3.8, 4) is 0 Å². The fraction of sp³-hybridized carbons (Fsp3) is 0.632. The van der Waals surface area contributed by atoms with Gasteiger partial charge >= 0.3 is 0 Å². The number of nitrogens with zero attached hydrogens (tertiary/aromatic N) is 1.